The molecule has 0 amide bonds. The molecule has 1 aromatic carbocycles. The minimum absolute atomic E-state index is 0.101. The second kappa shape index (κ2) is 9.29. The molecule has 8 nitrogen and oxygen atoms in total. The molecule has 5 atom stereocenters. The third-order valence-corrected chi connectivity index (χ3v) is 5.36. The van der Waals surface area contributed by atoms with Crippen molar-refractivity contribution in [3.63, 3.8) is 0 Å². The van der Waals surface area contributed by atoms with Gasteiger partial charge in [-0.25, -0.2) is 4.68 Å². The first-order valence-electron chi connectivity index (χ1n) is 10.4. The maximum Gasteiger partial charge on any atom is 0.573 e. The maximum absolute atomic E-state index is 12.3. The van der Waals surface area contributed by atoms with Gasteiger partial charge in [0.1, 0.15) is 24.1 Å². The van der Waals surface area contributed by atoms with Gasteiger partial charge in [0.05, 0.1) is 24.1 Å². The molecule has 180 valence electrons. The van der Waals surface area contributed by atoms with E-state index in [2.05, 4.69) is 33.5 Å². The molecule has 1 saturated heterocycles. The highest BCUT2D eigenvalue weighted by molar-refractivity contribution is 5.41. The van der Waals surface area contributed by atoms with Crippen LogP contribution in [0.25, 0.3) is 5.69 Å². The summed E-state index contributed by atoms with van der Waals surface area (Å²) in [5.74, 6) is 10.6. The lowest BCUT2D eigenvalue weighted by Gasteiger charge is -2.43. The Labute approximate surface area is 192 Å². The van der Waals surface area contributed by atoms with Crippen LogP contribution in [0.3, 0.4) is 0 Å². The number of hydrogen-bond acceptors (Lipinski definition) is 7. The SMILES string of the molecule is OC[C@H]1O[C@H](C#Cc2cnn(-c3ccc(OC(F)(F)F)cc3)c2)[C@](O)(C#CC2CC2)[C@@H](O)[C@@H]1O. The third-order valence-electron chi connectivity index (χ3n) is 5.36. The summed E-state index contributed by atoms with van der Waals surface area (Å²) >= 11 is 0. The molecule has 1 saturated carbocycles. The van der Waals surface area contributed by atoms with E-state index in [-0.39, 0.29) is 11.7 Å². The number of aliphatic hydroxyl groups excluding tert-OH is 3. The highest BCUT2D eigenvalue weighted by atomic mass is 19.4. The molecule has 2 aliphatic rings. The number of ether oxygens (including phenoxy) is 2. The maximum atomic E-state index is 12.3. The van der Waals surface area contributed by atoms with Gasteiger partial charge in [0, 0.05) is 12.1 Å². The Balaban J connectivity index is 1.55. The highest BCUT2D eigenvalue weighted by Crippen LogP contribution is 2.32. The number of halogens is 3. The van der Waals surface area contributed by atoms with E-state index < -0.39 is 43.0 Å². The predicted octanol–water partition coefficient (Wildman–Crippen LogP) is 0.748. The highest BCUT2D eigenvalue weighted by Gasteiger charge is 2.53. The first-order valence-corrected chi connectivity index (χ1v) is 10.4. The van der Waals surface area contributed by atoms with Crippen LogP contribution in [0.4, 0.5) is 13.2 Å². The first-order chi connectivity index (χ1) is 16.1. The number of nitrogens with zero attached hydrogens (tertiary/aromatic N) is 2. The molecule has 4 N–H and O–H groups in total. The second-order valence-corrected chi connectivity index (χ2v) is 8.03. The molecule has 2 aromatic rings. The summed E-state index contributed by atoms with van der Waals surface area (Å²) in [5.41, 5.74) is -1.36. The smallest absolute Gasteiger partial charge is 0.406 e. The van der Waals surface area contributed by atoms with Gasteiger partial charge in [-0.1, -0.05) is 23.7 Å². The van der Waals surface area contributed by atoms with Crippen LogP contribution < -0.4 is 4.74 Å². The molecular weight excluding hydrogens is 457 g/mol. The average molecular weight is 478 g/mol. The van der Waals surface area contributed by atoms with Gasteiger partial charge in [0.2, 0.25) is 0 Å². The molecule has 0 spiro atoms. The van der Waals surface area contributed by atoms with E-state index in [9.17, 15) is 33.6 Å². The van der Waals surface area contributed by atoms with Crippen molar-refractivity contribution < 1.29 is 43.1 Å². The van der Waals surface area contributed by atoms with Crippen LogP contribution in [0.5, 0.6) is 5.75 Å². The molecule has 1 aromatic heterocycles. The molecule has 0 unspecified atom stereocenters. The van der Waals surface area contributed by atoms with Gasteiger partial charge in [-0.2, -0.15) is 5.10 Å². The van der Waals surface area contributed by atoms with Crippen molar-refractivity contribution in [3.8, 4) is 35.1 Å². The molecule has 2 fully saturated rings. The molecule has 2 heterocycles. The fraction of sp³-hybridized carbons (Fsp3) is 0.435. The monoisotopic (exact) mass is 478 g/mol. The zero-order valence-electron chi connectivity index (χ0n) is 17.6. The molecular formula is C23H21F3N2O6. The van der Waals surface area contributed by atoms with Gasteiger partial charge in [0.15, 0.2) is 11.7 Å². The number of alkyl halides is 3. The molecule has 0 bridgehead atoms. The molecule has 11 heteroatoms. The molecule has 4 rings (SSSR count). The lowest BCUT2D eigenvalue weighted by Crippen LogP contribution is -2.65. The zero-order chi connectivity index (χ0) is 24.5. The summed E-state index contributed by atoms with van der Waals surface area (Å²) in [7, 11) is 0. The summed E-state index contributed by atoms with van der Waals surface area (Å²) in [6.07, 6.45) is -5.94. The topological polar surface area (TPSA) is 117 Å². The van der Waals surface area contributed by atoms with Crippen LogP contribution in [0.2, 0.25) is 0 Å². The van der Waals surface area contributed by atoms with Crippen LogP contribution in [0, 0.1) is 29.6 Å². The van der Waals surface area contributed by atoms with Crippen LogP contribution in [-0.4, -0.2) is 73.2 Å². The fourth-order valence-corrected chi connectivity index (χ4v) is 3.34. The van der Waals surface area contributed by atoms with Crippen molar-refractivity contribution in [2.24, 2.45) is 5.92 Å². The lowest BCUT2D eigenvalue weighted by molar-refractivity contribution is -0.274. The summed E-state index contributed by atoms with van der Waals surface area (Å²) in [6.45, 7) is -0.603. The standard InChI is InChI=1S/C23H21F3N2O6/c24-23(25,26)34-17-6-4-16(5-7-17)28-12-15(11-27-28)3-8-19-22(32,10-9-14-1-2-14)21(31)20(30)18(13-29)33-19/h4-7,11-12,14,18-21,29-32H,1-2,13H2/t18-,19-,20-,21+,22-/m1/s1. The first kappa shape index (κ1) is 24.1. The normalized spacial score (nSPS) is 28.9. The third kappa shape index (κ3) is 5.36. The van der Waals surface area contributed by atoms with Crippen molar-refractivity contribution in [2.75, 3.05) is 6.61 Å². The summed E-state index contributed by atoms with van der Waals surface area (Å²) in [4.78, 5) is 0. The van der Waals surface area contributed by atoms with Gasteiger partial charge in [-0.15, -0.1) is 13.2 Å². The Bertz CT molecular complexity index is 1140. The van der Waals surface area contributed by atoms with Crippen molar-refractivity contribution in [3.05, 3.63) is 42.2 Å². The average Bonchev–Trinajstić information content (AvgIpc) is 3.51. The van der Waals surface area contributed by atoms with Crippen molar-refractivity contribution in [1.82, 2.24) is 9.78 Å². The predicted molar refractivity (Wildman–Crippen MR) is 110 cm³/mol. The van der Waals surface area contributed by atoms with Crippen molar-refractivity contribution >= 4 is 0 Å². The summed E-state index contributed by atoms with van der Waals surface area (Å²) < 4.78 is 47.7. The molecule has 0 radical (unpaired) electrons. The van der Waals surface area contributed by atoms with Gasteiger partial charge in [-0.3, -0.25) is 0 Å². The van der Waals surface area contributed by atoms with E-state index in [0.717, 1.165) is 25.0 Å². The number of rotatable bonds is 3. The number of hydrogen-bond donors (Lipinski definition) is 4. The van der Waals surface area contributed by atoms with E-state index in [1.807, 2.05) is 0 Å². The Morgan fingerprint density at radius 1 is 1.18 bits per heavy atom. The Hall–Kier alpha value is -3.06. The minimum Gasteiger partial charge on any atom is -0.406 e. The number of aromatic nitrogens is 2. The van der Waals surface area contributed by atoms with Crippen LogP contribution in [-0.2, 0) is 4.74 Å². The lowest BCUT2D eigenvalue weighted by atomic mass is 9.82. The van der Waals surface area contributed by atoms with E-state index in [1.165, 1.54) is 29.2 Å². The quantitative estimate of drug-likeness (QED) is 0.481. The summed E-state index contributed by atoms with van der Waals surface area (Å²) in [6, 6.07) is 5.05. The fourth-order valence-electron chi connectivity index (χ4n) is 3.34. The van der Waals surface area contributed by atoms with E-state index in [4.69, 9.17) is 4.74 Å². The number of aliphatic hydroxyl groups is 4. The van der Waals surface area contributed by atoms with E-state index in [1.54, 1.807) is 0 Å². The molecule has 34 heavy (non-hydrogen) atoms. The van der Waals surface area contributed by atoms with Gasteiger partial charge >= 0.3 is 6.36 Å². The molecule has 1 aliphatic carbocycles. The zero-order valence-corrected chi connectivity index (χ0v) is 17.6. The van der Waals surface area contributed by atoms with E-state index >= 15 is 0 Å². The second-order valence-electron chi connectivity index (χ2n) is 8.03. The van der Waals surface area contributed by atoms with Crippen LogP contribution in [0.15, 0.2) is 36.7 Å². The van der Waals surface area contributed by atoms with Crippen molar-refractivity contribution in [2.45, 2.75) is 49.2 Å². The minimum atomic E-state index is -4.79. The van der Waals surface area contributed by atoms with Crippen LogP contribution >= 0.6 is 0 Å². The summed E-state index contributed by atoms with van der Waals surface area (Å²) in [5, 5.41) is 45.2. The number of benzene rings is 1. The Morgan fingerprint density at radius 3 is 2.50 bits per heavy atom. The molecule has 1 aliphatic heterocycles. The van der Waals surface area contributed by atoms with Crippen molar-refractivity contribution in [1.29, 1.82) is 0 Å². The Morgan fingerprint density at radius 2 is 1.88 bits per heavy atom. The van der Waals surface area contributed by atoms with Crippen LogP contribution in [0.1, 0.15) is 18.4 Å². The van der Waals surface area contributed by atoms with E-state index in [0.29, 0.717) is 11.3 Å². The van der Waals surface area contributed by atoms with Gasteiger partial charge in [0.25, 0.3) is 0 Å². The van der Waals surface area contributed by atoms with Gasteiger partial charge < -0.3 is 29.9 Å². The Kier molecular flexibility index (Phi) is 6.58. The van der Waals surface area contributed by atoms with Gasteiger partial charge in [-0.05, 0) is 37.1 Å². The largest absolute Gasteiger partial charge is 0.573 e.